The van der Waals surface area contributed by atoms with Crippen molar-refractivity contribution in [3.05, 3.63) is 68.8 Å². The Hall–Kier alpha value is -3.43. The van der Waals surface area contributed by atoms with Crippen molar-refractivity contribution in [2.45, 2.75) is 33.0 Å². The average molecular weight is 419 g/mol. The molecular formula is C20H20F3N5O2. The van der Waals surface area contributed by atoms with Crippen LogP contribution in [0, 0.1) is 6.92 Å². The Morgan fingerprint density at radius 2 is 1.97 bits per heavy atom. The molecule has 0 atom stereocenters. The lowest BCUT2D eigenvalue weighted by molar-refractivity contribution is -0.129. The molecule has 1 aromatic carbocycles. The number of nitrogens with one attached hydrogen (secondary N) is 1. The van der Waals surface area contributed by atoms with Crippen molar-refractivity contribution >= 4 is 18.6 Å². The van der Waals surface area contributed by atoms with E-state index in [0.29, 0.717) is 18.0 Å². The van der Waals surface area contributed by atoms with Crippen LogP contribution in [0.25, 0.3) is 0 Å². The van der Waals surface area contributed by atoms with Gasteiger partial charge in [-0.05, 0) is 31.4 Å². The van der Waals surface area contributed by atoms with Crippen LogP contribution in [0.5, 0.6) is 0 Å². The van der Waals surface area contributed by atoms with Crippen molar-refractivity contribution in [1.82, 2.24) is 14.9 Å². The smallest absolute Gasteiger partial charge is 0.334 e. The monoisotopic (exact) mass is 419 g/mol. The quantitative estimate of drug-likeness (QED) is 0.469. The Labute approximate surface area is 170 Å². The van der Waals surface area contributed by atoms with Crippen LogP contribution in [0.3, 0.4) is 0 Å². The Morgan fingerprint density at radius 3 is 2.57 bits per heavy atom. The molecule has 0 radical (unpaired) electrons. The third kappa shape index (κ3) is 4.27. The summed E-state index contributed by atoms with van der Waals surface area (Å²) < 4.78 is 41.9. The lowest BCUT2D eigenvalue weighted by atomic mass is 9.99. The number of carbonyl (C=O) groups is 1. The van der Waals surface area contributed by atoms with Crippen LogP contribution in [0.4, 0.5) is 19.1 Å². The SMILES string of the molecule is C=NN(/C(=C(\C)C(=O)N1CCc2ccccc2C1)C(F)(F)F)c1nc(C)cc(=O)[nH]1. The molecule has 1 aliphatic rings. The molecule has 0 spiro atoms. The molecule has 0 saturated heterocycles. The van der Waals surface area contributed by atoms with Crippen LogP contribution in [0.2, 0.25) is 0 Å². The van der Waals surface area contributed by atoms with Gasteiger partial charge in [0.25, 0.3) is 11.5 Å². The third-order valence-electron chi connectivity index (χ3n) is 4.77. The van der Waals surface area contributed by atoms with Crippen LogP contribution in [0.1, 0.15) is 23.7 Å². The summed E-state index contributed by atoms with van der Waals surface area (Å²) in [5, 5.41) is 3.74. The van der Waals surface area contributed by atoms with Crippen LogP contribution >= 0.6 is 0 Å². The maximum Gasteiger partial charge on any atom is 0.434 e. The number of amides is 1. The molecule has 7 nitrogen and oxygen atoms in total. The molecule has 1 amide bonds. The molecule has 2 heterocycles. The first-order chi connectivity index (χ1) is 14.1. The second kappa shape index (κ2) is 8.13. The molecule has 0 aliphatic carbocycles. The van der Waals surface area contributed by atoms with Gasteiger partial charge in [-0.2, -0.15) is 23.3 Å². The molecule has 1 N–H and O–H groups in total. The van der Waals surface area contributed by atoms with Gasteiger partial charge in [0.2, 0.25) is 5.95 Å². The Bertz CT molecular complexity index is 1070. The van der Waals surface area contributed by atoms with E-state index in [1.165, 1.54) is 11.8 Å². The van der Waals surface area contributed by atoms with E-state index in [1.54, 1.807) is 0 Å². The summed E-state index contributed by atoms with van der Waals surface area (Å²) in [5.74, 6) is -1.25. The number of H-pyrrole nitrogens is 1. The lowest BCUT2D eigenvalue weighted by Crippen LogP contribution is -2.39. The third-order valence-corrected chi connectivity index (χ3v) is 4.77. The Morgan fingerprint density at radius 1 is 1.30 bits per heavy atom. The van der Waals surface area contributed by atoms with Crippen molar-refractivity contribution in [3.8, 4) is 0 Å². The second-order valence-electron chi connectivity index (χ2n) is 6.88. The largest absolute Gasteiger partial charge is 0.434 e. The zero-order valence-electron chi connectivity index (χ0n) is 16.5. The van der Waals surface area contributed by atoms with E-state index >= 15 is 0 Å². The summed E-state index contributed by atoms with van der Waals surface area (Å²) >= 11 is 0. The van der Waals surface area contributed by atoms with Crippen LogP contribution in [0.15, 0.2) is 51.5 Å². The Kier molecular flexibility index (Phi) is 5.77. The van der Waals surface area contributed by atoms with Gasteiger partial charge in [0.15, 0.2) is 5.70 Å². The highest BCUT2D eigenvalue weighted by Crippen LogP contribution is 2.34. The molecule has 0 unspecified atom stereocenters. The number of rotatable bonds is 4. The number of alkyl halides is 3. The summed E-state index contributed by atoms with van der Waals surface area (Å²) in [7, 11) is 0. The Balaban J connectivity index is 2.04. The van der Waals surface area contributed by atoms with Gasteiger partial charge in [-0.25, -0.2) is 4.98 Å². The molecule has 0 fully saturated rings. The first-order valence-electron chi connectivity index (χ1n) is 9.10. The first kappa shape index (κ1) is 21.3. The molecule has 30 heavy (non-hydrogen) atoms. The van der Waals surface area contributed by atoms with Crippen molar-refractivity contribution < 1.29 is 18.0 Å². The summed E-state index contributed by atoms with van der Waals surface area (Å²) in [6.45, 7) is 6.21. The number of anilines is 1. The normalized spacial score (nSPS) is 14.6. The zero-order chi connectivity index (χ0) is 22.1. The first-order valence-corrected chi connectivity index (χ1v) is 9.10. The molecule has 10 heteroatoms. The number of hydrogen-bond donors (Lipinski definition) is 1. The van der Waals surface area contributed by atoms with Gasteiger partial charge in [-0.3, -0.25) is 14.6 Å². The van der Waals surface area contributed by atoms with Crippen LogP contribution in [-0.4, -0.2) is 40.2 Å². The minimum Gasteiger partial charge on any atom is -0.334 e. The number of aryl methyl sites for hydroxylation is 1. The van der Waals surface area contributed by atoms with Crippen molar-refractivity contribution in [2.24, 2.45) is 5.10 Å². The van der Waals surface area contributed by atoms with E-state index in [9.17, 15) is 22.8 Å². The predicted octanol–water partition coefficient (Wildman–Crippen LogP) is 2.92. The van der Waals surface area contributed by atoms with Gasteiger partial charge < -0.3 is 4.90 Å². The maximum atomic E-state index is 14.0. The summed E-state index contributed by atoms with van der Waals surface area (Å²) in [6, 6.07) is 8.61. The van der Waals surface area contributed by atoms with Crippen molar-refractivity contribution in [1.29, 1.82) is 0 Å². The predicted molar refractivity (Wildman–Crippen MR) is 106 cm³/mol. The van der Waals surface area contributed by atoms with E-state index in [-0.39, 0.29) is 12.2 Å². The standard InChI is InChI=1S/C20H20F3N5O2/c1-12-10-16(29)26-19(25-12)28(24-3)17(20(21,22)23)13(2)18(30)27-9-8-14-6-4-5-7-15(14)11-27/h4-7,10H,3,8-9,11H2,1-2H3,(H,25,26,29)/b17-13+. The van der Waals surface area contributed by atoms with Crippen molar-refractivity contribution in [2.75, 3.05) is 11.6 Å². The zero-order valence-corrected chi connectivity index (χ0v) is 16.5. The fourth-order valence-corrected chi connectivity index (χ4v) is 3.41. The topological polar surface area (TPSA) is 81.7 Å². The molecule has 0 saturated carbocycles. The molecule has 3 rings (SSSR count). The van der Waals surface area contributed by atoms with E-state index in [1.807, 2.05) is 24.3 Å². The minimum atomic E-state index is -4.95. The lowest BCUT2D eigenvalue weighted by Gasteiger charge is -2.31. The second-order valence-corrected chi connectivity index (χ2v) is 6.88. The van der Waals surface area contributed by atoms with E-state index in [0.717, 1.165) is 24.1 Å². The fraction of sp³-hybridized carbons (Fsp3) is 0.300. The fourth-order valence-electron chi connectivity index (χ4n) is 3.41. The van der Waals surface area contributed by atoms with Gasteiger partial charge >= 0.3 is 6.18 Å². The summed E-state index contributed by atoms with van der Waals surface area (Å²) in [6.07, 6.45) is -4.40. The number of carbonyl (C=O) groups excluding carboxylic acids is 1. The number of allylic oxidation sites excluding steroid dienone is 1. The summed E-state index contributed by atoms with van der Waals surface area (Å²) in [4.78, 5) is 32.1. The number of benzene rings is 1. The van der Waals surface area contributed by atoms with E-state index in [4.69, 9.17) is 0 Å². The molecule has 1 aromatic heterocycles. The van der Waals surface area contributed by atoms with E-state index in [2.05, 4.69) is 21.8 Å². The number of hydrogen-bond acceptors (Lipinski definition) is 5. The highest BCUT2D eigenvalue weighted by molar-refractivity contribution is 5.94. The highest BCUT2D eigenvalue weighted by Gasteiger charge is 2.43. The van der Waals surface area contributed by atoms with Gasteiger partial charge in [-0.15, -0.1) is 0 Å². The number of aromatic nitrogens is 2. The molecule has 1 aliphatic heterocycles. The van der Waals surface area contributed by atoms with Gasteiger partial charge in [0.05, 0.1) is 0 Å². The number of nitrogens with zero attached hydrogens (tertiary/aromatic N) is 4. The van der Waals surface area contributed by atoms with Crippen LogP contribution in [-0.2, 0) is 17.8 Å². The van der Waals surface area contributed by atoms with E-state index < -0.39 is 34.9 Å². The highest BCUT2D eigenvalue weighted by atomic mass is 19.4. The minimum absolute atomic E-state index is 0.195. The van der Waals surface area contributed by atoms with Gasteiger partial charge in [0.1, 0.15) is 0 Å². The summed E-state index contributed by atoms with van der Waals surface area (Å²) in [5.41, 5.74) is -0.421. The average Bonchev–Trinajstić information content (AvgIpc) is 2.68. The number of halogens is 3. The molecule has 158 valence electrons. The molecular weight excluding hydrogens is 399 g/mol. The number of hydrazone groups is 1. The molecule has 0 bridgehead atoms. The van der Waals surface area contributed by atoms with Crippen molar-refractivity contribution in [3.63, 3.8) is 0 Å². The number of aromatic amines is 1. The van der Waals surface area contributed by atoms with Gasteiger partial charge in [0, 0.05) is 37.1 Å². The van der Waals surface area contributed by atoms with Crippen LogP contribution < -0.4 is 10.6 Å². The maximum absolute atomic E-state index is 14.0. The number of fused-ring (bicyclic) bond motifs is 1. The molecule has 2 aromatic rings. The van der Waals surface area contributed by atoms with Gasteiger partial charge in [-0.1, -0.05) is 24.3 Å².